The van der Waals surface area contributed by atoms with Gasteiger partial charge in [-0.05, 0) is 30.8 Å². The van der Waals surface area contributed by atoms with Crippen LogP contribution in [0.5, 0.6) is 5.75 Å². The SMILES string of the molecule is CCCCOc1ccc(F)c(C=NNC(N)=S)c1F. The number of hydrazone groups is 1. The van der Waals surface area contributed by atoms with Gasteiger partial charge in [-0.25, -0.2) is 8.78 Å². The second-order valence-corrected chi connectivity index (χ2v) is 4.15. The average Bonchev–Trinajstić information content (AvgIpc) is 2.36. The third-order valence-corrected chi connectivity index (χ3v) is 2.31. The zero-order valence-corrected chi connectivity index (χ0v) is 11.3. The first-order valence-corrected chi connectivity index (χ1v) is 6.16. The molecule has 0 bridgehead atoms. The van der Waals surface area contributed by atoms with Crippen LogP contribution in [0.3, 0.4) is 0 Å². The van der Waals surface area contributed by atoms with Gasteiger partial charge in [0.15, 0.2) is 16.7 Å². The van der Waals surface area contributed by atoms with Gasteiger partial charge in [-0.3, -0.25) is 5.43 Å². The molecule has 1 aromatic rings. The highest BCUT2D eigenvalue weighted by Crippen LogP contribution is 2.22. The van der Waals surface area contributed by atoms with Crippen molar-refractivity contribution in [1.29, 1.82) is 0 Å². The van der Waals surface area contributed by atoms with E-state index in [0.717, 1.165) is 25.1 Å². The lowest BCUT2D eigenvalue weighted by atomic mass is 10.2. The Labute approximate surface area is 115 Å². The summed E-state index contributed by atoms with van der Waals surface area (Å²) in [6, 6.07) is 2.37. The first kappa shape index (κ1) is 15.3. The fourth-order valence-corrected chi connectivity index (χ4v) is 1.32. The molecule has 0 heterocycles. The van der Waals surface area contributed by atoms with Crippen molar-refractivity contribution in [2.24, 2.45) is 10.8 Å². The molecule has 0 atom stereocenters. The Morgan fingerprint density at radius 1 is 1.53 bits per heavy atom. The van der Waals surface area contributed by atoms with Gasteiger partial charge in [0.1, 0.15) is 5.82 Å². The van der Waals surface area contributed by atoms with Gasteiger partial charge in [0.2, 0.25) is 0 Å². The monoisotopic (exact) mass is 287 g/mol. The lowest BCUT2D eigenvalue weighted by Crippen LogP contribution is -2.24. The van der Waals surface area contributed by atoms with E-state index in [4.69, 9.17) is 10.5 Å². The maximum absolute atomic E-state index is 13.9. The molecule has 0 unspecified atom stereocenters. The predicted molar refractivity (Wildman–Crippen MR) is 74.3 cm³/mol. The fraction of sp³-hybridized carbons (Fsp3) is 0.333. The Morgan fingerprint density at radius 2 is 2.26 bits per heavy atom. The summed E-state index contributed by atoms with van der Waals surface area (Å²) in [6.07, 6.45) is 2.69. The molecule has 0 aromatic heterocycles. The Bertz CT molecular complexity index is 480. The second-order valence-electron chi connectivity index (χ2n) is 3.71. The quantitative estimate of drug-likeness (QED) is 0.365. The standard InChI is InChI=1S/C12H15F2N3OS/c1-2-3-6-18-10-5-4-9(13)8(11(10)14)7-16-17-12(15)19/h4-5,7H,2-3,6H2,1H3,(H3,15,17,19). The van der Waals surface area contributed by atoms with Gasteiger partial charge in [0, 0.05) is 0 Å². The molecular weight excluding hydrogens is 272 g/mol. The molecule has 7 heteroatoms. The number of benzene rings is 1. The number of unbranched alkanes of at least 4 members (excludes halogenated alkanes) is 1. The summed E-state index contributed by atoms with van der Waals surface area (Å²) < 4.78 is 32.6. The van der Waals surface area contributed by atoms with Crippen LogP contribution in [-0.4, -0.2) is 17.9 Å². The molecule has 0 aliphatic carbocycles. The predicted octanol–water partition coefficient (Wildman–Crippen LogP) is 2.31. The molecule has 0 amide bonds. The van der Waals surface area contributed by atoms with E-state index in [1.165, 1.54) is 6.07 Å². The van der Waals surface area contributed by atoms with Crippen LogP contribution in [0.1, 0.15) is 25.3 Å². The molecule has 0 spiro atoms. The molecule has 3 N–H and O–H groups in total. The third kappa shape index (κ3) is 4.78. The molecular formula is C12H15F2N3OS. The highest BCUT2D eigenvalue weighted by molar-refractivity contribution is 7.80. The van der Waals surface area contributed by atoms with Crippen LogP contribution < -0.4 is 15.9 Å². The van der Waals surface area contributed by atoms with Gasteiger partial charge in [-0.15, -0.1) is 0 Å². The minimum Gasteiger partial charge on any atom is -0.490 e. The number of nitrogens with zero attached hydrogens (tertiary/aromatic N) is 1. The zero-order chi connectivity index (χ0) is 14.3. The van der Waals surface area contributed by atoms with E-state index in [1.54, 1.807) is 0 Å². The molecule has 0 aliphatic rings. The van der Waals surface area contributed by atoms with Crippen molar-refractivity contribution in [2.45, 2.75) is 19.8 Å². The number of thiocarbonyl (C=S) groups is 1. The molecule has 19 heavy (non-hydrogen) atoms. The maximum Gasteiger partial charge on any atom is 0.184 e. The molecule has 104 valence electrons. The maximum atomic E-state index is 13.9. The van der Waals surface area contributed by atoms with Gasteiger partial charge in [0.25, 0.3) is 0 Å². The number of hydrogen-bond acceptors (Lipinski definition) is 3. The molecule has 0 fully saturated rings. The van der Waals surface area contributed by atoms with Crippen LogP contribution in [0.2, 0.25) is 0 Å². The summed E-state index contributed by atoms with van der Waals surface area (Å²) in [5.41, 5.74) is 7.06. The van der Waals surface area contributed by atoms with E-state index in [-0.39, 0.29) is 16.4 Å². The highest BCUT2D eigenvalue weighted by Gasteiger charge is 2.13. The minimum absolute atomic E-state index is 0.00775. The molecule has 0 saturated carbocycles. The van der Waals surface area contributed by atoms with E-state index in [1.807, 2.05) is 6.92 Å². The fourth-order valence-electron chi connectivity index (χ4n) is 1.27. The van der Waals surface area contributed by atoms with Crippen molar-refractivity contribution >= 4 is 23.5 Å². The summed E-state index contributed by atoms with van der Waals surface area (Å²) in [5, 5.41) is 3.43. The summed E-state index contributed by atoms with van der Waals surface area (Å²) in [7, 11) is 0. The summed E-state index contributed by atoms with van der Waals surface area (Å²) >= 11 is 4.51. The molecule has 0 aliphatic heterocycles. The summed E-state index contributed by atoms with van der Waals surface area (Å²) in [4.78, 5) is 0. The van der Waals surface area contributed by atoms with E-state index in [2.05, 4.69) is 22.7 Å². The van der Waals surface area contributed by atoms with Gasteiger partial charge >= 0.3 is 0 Å². The Balaban J connectivity index is 2.87. The normalized spacial score (nSPS) is 10.7. The number of halogens is 2. The van der Waals surface area contributed by atoms with E-state index >= 15 is 0 Å². The summed E-state index contributed by atoms with van der Waals surface area (Å²) in [5.74, 6) is -1.55. The lowest BCUT2D eigenvalue weighted by molar-refractivity contribution is 0.293. The van der Waals surface area contributed by atoms with E-state index in [9.17, 15) is 8.78 Å². The third-order valence-electron chi connectivity index (χ3n) is 2.21. The van der Waals surface area contributed by atoms with Gasteiger partial charge in [0.05, 0.1) is 18.4 Å². The zero-order valence-electron chi connectivity index (χ0n) is 10.5. The largest absolute Gasteiger partial charge is 0.490 e. The van der Waals surface area contributed by atoms with E-state index < -0.39 is 11.6 Å². The topological polar surface area (TPSA) is 59.6 Å². The molecule has 1 aromatic carbocycles. The lowest BCUT2D eigenvalue weighted by Gasteiger charge is -2.08. The van der Waals surface area contributed by atoms with Gasteiger partial charge in [-0.1, -0.05) is 13.3 Å². The first-order valence-electron chi connectivity index (χ1n) is 5.75. The van der Waals surface area contributed by atoms with Crippen molar-refractivity contribution in [3.05, 3.63) is 29.3 Å². The van der Waals surface area contributed by atoms with Crippen LogP contribution in [-0.2, 0) is 0 Å². The minimum atomic E-state index is -0.801. The number of nitrogens with one attached hydrogen (secondary N) is 1. The molecule has 0 saturated heterocycles. The smallest absolute Gasteiger partial charge is 0.184 e. The van der Waals surface area contributed by atoms with Crippen molar-refractivity contribution < 1.29 is 13.5 Å². The Hall–Kier alpha value is -1.76. The average molecular weight is 287 g/mol. The Morgan fingerprint density at radius 3 is 2.89 bits per heavy atom. The van der Waals surface area contributed by atoms with Crippen molar-refractivity contribution in [2.75, 3.05) is 6.61 Å². The van der Waals surface area contributed by atoms with Crippen LogP contribution in [0, 0.1) is 11.6 Å². The highest BCUT2D eigenvalue weighted by atomic mass is 32.1. The van der Waals surface area contributed by atoms with Crippen molar-refractivity contribution in [3.63, 3.8) is 0 Å². The second kappa shape index (κ2) is 7.63. The number of rotatable bonds is 6. The van der Waals surface area contributed by atoms with Crippen LogP contribution in [0.25, 0.3) is 0 Å². The Kier molecular flexibility index (Phi) is 6.14. The van der Waals surface area contributed by atoms with Gasteiger partial charge in [-0.2, -0.15) is 5.10 Å². The molecule has 4 nitrogen and oxygen atoms in total. The summed E-state index contributed by atoms with van der Waals surface area (Å²) in [6.45, 7) is 2.37. The number of ether oxygens (including phenoxy) is 1. The van der Waals surface area contributed by atoms with Crippen molar-refractivity contribution in [3.8, 4) is 5.75 Å². The van der Waals surface area contributed by atoms with Gasteiger partial charge < -0.3 is 10.5 Å². The van der Waals surface area contributed by atoms with Crippen LogP contribution in [0.15, 0.2) is 17.2 Å². The number of nitrogens with two attached hydrogens (primary N) is 1. The first-order chi connectivity index (χ1) is 9.06. The van der Waals surface area contributed by atoms with Crippen LogP contribution >= 0.6 is 12.2 Å². The van der Waals surface area contributed by atoms with Crippen molar-refractivity contribution in [1.82, 2.24) is 5.43 Å². The molecule has 0 radical (unpaired) electrons. The molecule has 1 rings (SSSR count). The van der Waals surface area contributed by atoms with E-state index in [0.29, 0.717) is 6.61 Å². The van der Waals surface area contributed by atoms with Crippen LogP contribution in [0.4, 0.5) is 8.78 Å². The number of hydrogen-bond donors (Lipinski definition) is 2.